The van der Waals surface area contributed by atoms with Crippen molar-refractivity contribution in [1.82, 2.24) is 9.13 Å². The van der Waals surface area contributed by atoms with Gasteiger partial charge in [-0.15, -0.1) is 34.0 Å². The summed E-state index contributed by atoms with van der Waals surface area (Å²) in [5.74, 6) is -0.810. The molecule has 0 fully saturated rings. The Balaban J connectivity index is 1.25. The molecule has 0 bridgehead atoms. The Morgan fingerprint density at radius 1 is 0.675 bits per heavy atom. The van der Waals surface area contributed by atoms with Gasteiger partial charge in [0.05, 0.1) is 6.42 Å². The van der Waals surface area contributed by atoms with Crippen molar-refractivity contribution >= 4 is 61.8 Å². The van der Waals surface area contributed by atoms with Crippen molar-refractivity contribution in [1.29, 1.82) is 0 Å². The van der Waals surface area contributed by atoms with Crippen LogP contribution >= 0.6 is 34.0 Å². The SMILES string of the molecule is Cc1cc(-c2ccc3c(ccn3C)c2)sc1-c1ccc(-c2sc(-c3ccc4c(ccn4C)c3)cc2CC(=O)O)s1. The average Bonchev–Trinajstić information content (AvgIpc) is 3.76. The second-order valence-electron chi connectivity index (χ2n) is 10.2. The molecule has 198 valence electrons. The summed E-state index contributed by atoms with van der Waals surface area (Å²) in [5, 5.41) is 12.1. The van der Waals surface area contributed by atoms with Gasteiger partial charge in [0.2, 0.25) is 0 Å². The first-order valence-corrected chi connectivity index (χ1v) is 15.5. The highest BCUT2D eigenvalue weighted by molar-refractivity contribution is 7.28. The first-order chi connectivity index (χ1) is 19.3. The number of carboxylic acid groups (broad SMARTS) is 1. The van der Waals surface area contributed by atoms with Crippen LogP contribution in [-0.2, 0) is 25.3 Å². The van der Waals surface area contributed by atoms with Crippen molar-refractivity contribution in [3.63, 3.8) is 0 Å². The van der Waals surface area contributed by atoms with Gasteiger partial charge in [0.15, 0.2) is 0 Å². The van der Waals surface area contributed by atoms with Gasteiger partial charge < -0.3 is 14.2 Å². The summed E-state index contributed by atoms with van der Waals surface area (Å²) in [6, 6.07) is 26.1. The molecular weight excluding hydrogens is 553 g/mol. The number of aromatic nitrogens is 2. The number of carboxylic acids is 1. The zero-order chi connectivity index (χ0) is 27.5. The number of aryl methyl sites for hydroxylation is 3. The van der Waals surface area contributed by atoms with Crippen molar-refractivity contribution in [2.75, 3.05) is 0 Å². The van der Waals surface area contributed by atoms with E-state index in [0.717, 1.165) is 25.8 Å². The summed E-state index contributed by atoms with van der Waals surface area (Å²) in [7, 11) is 4.12. The van der Waals surface area contributed by atoms with Crippen molar-refractivity contribution in [3.05, 3.63) is 96.3 Å². The Bertz CT molecular complexity index is 2060. The molecule has 5 heterocycles. The number of thiophene rings is 3. The number of fused-ring (bicyclic) bond motifs is 2. The summed E-state index contributed by atoms with van der Waals surface area (Å²) in [6.07, 6.45) is 4.17. The van der Waals surface area contributed by atoms with Crippen molar-refractivity contribution in [2.24, 2.45) is 14.1 Å². The van der Waals surface area contributed by atoms with Gasteiger partial charge in [0.1, 0.15) is 0 Å². The molecule has 0 aliphatic carbocycles. The second-order valence-corrected chi connectivity index (χ2v) is 13.4. The lowest BCUT2D eigenvalue weighted by atomic mass is 10.1. The molecule has 0 saturated heterocycles. The maximum absolute atomic E-state index is 11.8. The number of carbonyl (C=O) groups is 1. The molecule has 0 atom stereocenters. The van der Waals surface area contributed by atoms with Crippen LogP contribution in [0.5, 0.6) is 0 Å². The van der Waals surface area contributed by atoms with E-state index >= 15 is 0 Å². The largest absolute Gasteiger partial charge is 0.481 e. The number of hydrogen-bond acceptors (Lipinski definition) is 4. The van der Waals surface area contributed by atoms with Gasteiger partial charge in [-0.25, -0.2) is 0 Å². The lowest BCUT2D eigenvalue weighted by Crippen LogP contribution is -1.99. The van der Waals surface area contributed by atoms with Gasteiger partial charge in [0, 0.05) is 77.6 Å². The van der Waals surface area contributed by atoms with Crippen LogP contribution in [0.4, 0.5) is 0 Å². The molecular formula is C33H26N2O2S3. The molecule has 0 amide bonds. The van der Waals surface area contributed by atoms with Crippen LogP contribution in [0.1, 0.15) is 11.1 Å². The van der Waals surface area contributed by atoms with E-state index < -0.39 is 5.97 Å². The minimum atomic E-state index is -0.810. The fourth-order valence-corrected chi connectivity index (χ4v) is 9.07. The Labute approximate surface area is 244 Å². The van der Waals surface area contributed by atoms with Crippen molar-refractivity contribution in [3.8, 4) is 40.4 Å². The third kappa shape index (κ3) is 4.31. The predicted molar refractivity (Wildman–Crippen MR) is 171 cm³/mol. The quantitative estimate of drug-likeness (QED) is 0.214. The Morgan fingerprint density at radius 2 is 1.23 bits per heavy atom. The molecule has 0 unspecified atom stereocenters. The van der Waals surface area contributed by atoms with E-state index in [4.69, 9.17) is 0 Å². The van der Waals surface area contributed by atoms with E-state index in [0.29, 0.717) is 0 Å². The highest BCUT2D eigenvalue weighted by Crippen LogP contribution is 2.46. The summed E-state index contributed by atoms with van der Waals surface area (Å²) < 4.78 is 4.26. The maximum Gasteiger partial charge on any atom is 0.307 e. The fourth-order valence-electron chi connectivity index (χ4n) is 5.39. The standard InChI is InChI=1S/C33H26N2O2S3/c1-19-14-29(22-4-6-25-20(15-22)10-12-34(25)2)39-32(19)27-8-9-28(38-27)33-24(18-31(36)37)17-30(40-33)23-5-7-26-21(16-23)11-13-35(26)3/h4-17H,18H2,1-3H3,(H,36,37). The lowest BCUT2D eigenvalue weighted by Gasteiger charge is -2.00. The van der Waals surface area contributed by atoms with E-state index in [9.17, 15) is 9.90 Å². The first-order valence-electron chi connectivity index (χ1n) is 13.0. The molecule has 7 heteroatoms. The van der Waals surface area contributed by atoms with E-state index in [1.807, 2.05) is 18.4 Å². The van der Waals surface area contributed by atoms with E-state index in [1.54, 1.807) is 22.7 Å². The maximum atomic E-state index is 11.8. The molecule has 5 aromatic heterocycles. The molecule has 7 aromatic rings. The van der Waals surface area contributed by atoms with E-state index in [2.05, 4.69) is 108 Å². The number of aliphatic carboxylic acids is 1. The van der Waals surface area contributed by atoms with Gasteiger partial charge >= 0.3 is 5.97 Å². The number of benzene rings is 2. The van der Waals surface area contributed by atoms with Crippen LogP contribution in [0.25, 0.3) is 62.2 Å². The third-order valence-electron chi connectivity index (χ3n) is 7.46. The molecule has 7 rings (SSSR count). The predicted octanol–water partition coefficient (Wildman–Crippen LogP) is 9.46. The summed E-state index contributed by atoms with van der Waals surface area (Å²) in [4.78, 5) is 18.8. The Morgan fingerprint density at radius 3 is 1.82 bits per heavy atom. The molecule has 0 spiro atoms. The second kappa shape index (κ2) is 9.63. The topological polar surface area (TPSA) is 47.2 Å². The van der Waals surface area contributed by atoms with Crippen LogP contribution in [0.3, 0.4) is 0 Å². The molecule has 0 radical (unpaired) electrons. The normalized spacial score (nSPS) is 11.7. The summed E-state index contributed by atoms with van der Waals surface area (Å²) in [6.45, 7) is 2.18. The molecule has 0 aliphatic rings. The van der Waals surface area contributed by atoms with Gasteiger partial charge in [-0.2, -0.15) is 0 Å². The highest BCUT2D eigenvalue weighted by atomic mass is 32.1. The van der Waals surface area contributed by atoms with E-state index in [1.165, 1.54) is 47.6 Å². The highest BCUT2D eigenvalue weighted by Gasteiger charge is 2.19. The monoisotopic (exact) mass is 578 g/mol. The van der Waals surface area contributed by atoms with Crippen LogP contribution in [0.15, 0.2) is 85.2 Å². The Hall–Kier alpha value is -3.91. The molecule has 4 nitrogen and oxygen atoms in total. The minimum Gasteiger partial charge on any atom is -0.481 e. The van der Waals surface area contributed by atoms with Crippen LogP contribution < -0.4 is 0 Å². The number of nitrogens with zero attached hydrogens (tertiary/aromatic N) is 2. The summed E-state index contributed by atoms with van der Waals surface area (Å²) in [5.41, 5.74) is 6.90. The fraction of sp³-hybridized carbons (Fsp3) is 0.121. The third-order valence-corrected chi connectivity index (χ3v) is 11.4. The molecule has 1 N–H and O–H groups in total. The Kier molecular flexibility index (Phi) is 6.04. The lowest BCUT2D eigenvalue weighted by molar-refractivity contribution is -0.136. The summed E-state index contributed by atoms with van der Waals surface area (Å²) >= 11 is 5.25. The van der Waals surface area contributed by atoms with Crippen LogP contribution in [-0.4, -0.2) is 20.2 Å². The van der Waals surface area contributed by atoms with Crippen molar-refractivity contribution < 1.29 is 9.90 Å². The molecule has 0 aliphatic heterocycles. The number of hydrogen-bond donors (Lipinski definition) is 1. The van der Waals surface area contributed by atoms with Gasteiger partial charge in [-0.1, -0.05) is 12.1 Å². The zero-order valence-electron chi connectivity index (χ0n) is 22.3. The smallest absolute Gasteiger partial charge is 0.307 e. The van der Waals surface area contributed by atoms with Crippen LogP contribution in [0, 0.1) is 6.92 Å². The van der Waals surface area contributed by atoms with Gasteiger partial charge in [0.25, 0.3) is 0 Å². The van der Waals surface area contributed by atoms with E-state index in [-0.39, 0.29) is 6.42 Å². The minimum absolute atomic E-state index is 0.0107. The average molecular weight is 579 g/mol. The van der Waals surface area contributed by atoms with Gasteiger partial charge in [-0.3, -0.25) is 4.79 Å². The van der Waals surface area contributed by atoms with Crippen molar-refractivity contribution in [2.45, 2.75) is 13.3 Å². The molecule has 40 heavy (non-hydrogen) atoms. The number of rotatable bonds is 6. The van der Waals surface area contributed by atoms with Crippen LogP contribution in [0.2, 0.25) is 0 Å². The van der Waals surface area contributed by atoms with Gasteiger partial charge in [-0.05, 0) is 89.8 Å². The molecule has 2 aromatic carbocycles. The molecule has 0 saturated carbocycles. The first kappa shape index (κ1) is 25.1. The zero-order valence-corrected chi connectivity index (χ0v) is 24.7.